The predicted molar refractivity (Wildman–Crippen MR) is 139 cm³/mol. The summed E-state index contributed by atoms with van der Waals surface area (Å²) in [7, 11) is 0. The molecule has 1 saturated carbocycles. The van der Waals surface area contributed by atoms with E-state index < -0.39 is 0 Å². The fraction of sp³-hybridized carbons (Fsp3) is 0.407. The quantitative estimate of drug-likeness (QED) is 0.436. The number of hydrazine groups is 1. The van der Waals surface area contributed by atoms with Crippen molar-refractivity contribution >= 4 is 17.5 Å². The van der Waals surface area contributed by atoms with Crippen molar-refractivity contribution in [3.63, 3.8) is 0 Å². The van der Waals surface area contributed by atoms with Gasteiger partial charge in [-0.1, -0.05) is 45.2 Å². The molecule has 3 aromatic rings. The zero-order valence-electron chi connectivity index (χ0n) is 21.6. The standard InChI is InChI=1S/C27H32N8O2/c1-17-24(35-16-23(32-34-35)26(37)33-31-21-8-6-5-7-9-21)13-22(15-29-17)30-25(36)19-10-18(14-28)11-20(12-19)27(2,3)4/h10-13,15-16,21,31H,5-9H2,1-4H3,(H,30,36)(H,33,37). The number of carbonyl (C=O) groups excluding carboxylic acids is 2. The van der Waals surface area contributed by atoms with Gasteiger partial charge in [0, 0.05) is 11.6 Å². The van der Waals surface area contributed by atoms with Crippen LogP contribution in [0.15, 0.2) is 36.7 Å². The first-order valence-electron chi connectivity index (χ1n) is 12.5. The molecule has 0 radical (unpaired) electrons. The van der Waals surface area contributed by atoms with Crippen molar-refractivity contribution < 1.29 is 9.59 Å². The molecule has 0 bridgehead atoms. The highest BCUT2D eigenvalue weighted by molar-refractivity contribution is 6.04. The molecule has 10 nitrogen and oxygen atoms in total. The van der Waals surface area contributed by atoms with Crippen LogP contribution in [0, 0.1) is 18.3 Å². The highest BCUT2D eigenvalue weighted by Crippen LogP contribution is 2.25. The van der Waals surface area contributed by atoms with Crippen molar-refractivity contribution in [2.24, 2.45) is 0 Å². The summed E-state index contributed by atoms with van der Waals surface area (Å²) in [4.78, 5) is 30.0. The molecule has 2 aromatic heterocycles. The Bertz CT molecular complexity index is 1340. The maximum absolute atomic E-state index is 13.0. The Hall–Kier alpha value is -4.10. The van der Waals surface area contributed by atoms with Crippen molar-refractivity contribution in [2.45, 2.75) is 71.3 Å². The first kappa shape index (κ1) is 26.0. The molecule has 1 aliphatic rings. The normalized spacial score (nSPS) is 14.1. The molecule has 1 aromatic carbocycles. The molecule has 10 heteroatoms. The molecule has 1 fully saturated rings. The van der Waals surface area contributed by atoms with E-state index in [0.717, 1.165) is 31.2 Å². The first-order chi connectivity index (χ1) is 17.6. The van der Waals surface area contributed by atoms with Crippen LogP contribution < -0.4 is 16.2 Å². The van der Waals surface area contributed by atoms with E-state index in [0.29, 0.717) is 28.2 Å². The number of nitriles is 1. The Labute approximate surface area is 216 Å². The zero-order chi connectivity index (χ0) is 26.6. The third kappa shape index (κ3) is 6.37. The number of pyridine rings is 1. The number of hydrogen-bond donors (Lipinski definition) is 3. The largest absolute Gasteiger partial charge is 0.321 e. The van der Waals surface area contributed by atoms with Gasteiger partial charge in [-0.2, -0.15) is 5.26 Å². The minimum absolute atomic E-state index is 0.167. The average Bonchev–Trinajstić information content (AvgIpc) is 3.38. The summed E-state index contributed by atoms with van der Waals surface area (Å²) in [6.45, 7) is 7.89. The molecule has 0 atom stereocenters. The molecule has 37 heavy (non-hydrogen) atoms. The smallest absolute Gasteiger partial charge is 0.287 e. The summed E-state index contributed by atoms with van der Waals surface area (Å²) in [6.07, 6.45) is 8.70. The fourth-order valence-corrected chi connectivity index (χ4v) is 4.25. The van der Waals surface area contributed by atoms with E-state index in [1.807, 2.05) is 20.8 Å². The van der Waals surface area contributed by atoms with E-state index in [2.05, 4.69) is 37.5 Å². The molecule has 0 unspecified atom stereocenters. The predicted octanol–water partition coefficient (Wildman–Crippen LogP) is 3.96. The number of benzene rings is 1. The Morgan fingerprint density at radius 2 is 1.84 bits per heavy atom. The molecule has 0 spiro atoms. The number of aromatic nitrogens is 4. The van der Waals surface area contributed by atoms with Crippen LogP contribution in [0.4, 0.5) is 5.69 Å². The van der Waals surface area contributed by atoms with Crippen LogP contribution in [0.3, 0.4) is 0 Å². The van der Waals surface area contributed by atoms with Crippen LogP contribution >= 0.6 is 0 Å². The molecule has 3 N–H and O–H groups in total. The lowest BCUT2D eigenvalue weighted by Gasteiger charge is -2.22. The number of hydrogen-bond acceptors (Lipinski definition) is 7. The molecule has 4 rings (SSSR count). The molecule has 192 valence electrons. The lowest BCUT2D eigenvalue weighted by molar-refractivity contribution is 0.0914. The summed E-state index contributed by atoms with van der Waals surface area (Å²) in [5.74, 6) is -0.717. The van der Waals surface area contributed by atoms with E-state index in [9.17, 15) is 14.9 Å². The van der Waals surface area contributed by atoms with E-state index in [-0.39, 0.29) is 29.0 Å². The van der Waals surface area contributed by atoms with E-state index >= 15 is 0 Å². The Morgan fingerprint density at radius 3 is 2.54 bits per heavy atom. The summed E-state index contributed by atoms with van der Waals surface area (Å²) in [5, 5.41) is 20.4. The summed E-state index contributed by atoms with van der Waals surface area (Å²) < 4.78 is 1.46. The number of amides is 2. The number of nitrogens with zero attached hydrogens (tertiary/aromatic N) is 5. The topological polar surface area (TPSA) is 138 Å². The SMILES string of the molecule is Cc1ncc(NC(=O)c2cc(C#N)cc(C(C)(C)C)c2)cc1-n1cc(C(=O)NNC2CCCCC2)nn1. The molecule has 1 aliphatic carbocycles. The zero-order valence-corrected chi connectivity index (χ0v) is 21.6. The third-order valence-electron chi connectivity index (χ3n) is 6.48. The fourth-order valence-electron chi connectivity index (χ4n) is 4.25. The number of aryl methyl sites for hydroxylation is 1. The van der Waals surface area contributed by atoms with Crippen LogP contribution in [0.2, 0.25) is 0 Å². The van der Waals surface area contributed by atoms with Crippen LogP contribution in [-0.4, -0.2) is 37.8 Å². The van der Waals surface area contributed by atoms with Crippen LogP contribution in [-0.2, 0) is 5.41 Å². The molecular formula is C27H32N8O2. The van der Waals surface area contributed by atoms with E-state index in [4.69, 9.17) is 0 Å². The average molecular weight is 501 g/mol. The van der Waals surface area contributed by atoms with Gasteiger partial charge in [-0.3, -0.25) is 20.0 Å². The van der Waals surface area contributed by atoms with Gasteiger partial charge in [0.05, 0.1) is 41.1 Å². The summed E-state index contributed by atoms with van der Waals surface area (Å²) in [6, 6.07) is 9.27. The lowest BCUT2D eigenvalue weighted by Crippen LogP contribution is -2.45. The number of carbonyl (C=O) groups is 2. The molecule has 0 saturated heterocycles. The Kier molecular flexibility index (Phi) is 7.64. The highest BCUT2D eigenvalue weighted by atomic mass is 16.2. The number of nitrogens with one attached hydrogen (secondary N) is 3. The Balaban J connectivity index is 1.49. The Morgan fingerprint density at radius 1 is 1.08 bits per heavy atom. The molecule has 2 heterocycles. The van der Waals surface area contributed by atoms with Gasteiger partial charge in [-0.15, -0.1) is 5.10 Å². The van der Waals surface area contributed by atoms with E-state index in [1.54, 1.807) is 37.4 Å². The summed E-state index contributed by atoms with van der Waals surface area (Å²) in [5.41, 5.74) is 9.14. The van der Waals surface area contributed by atoms with Gasteiger partial charge in [0.1, 0.15) is 0 Å². The molecule has 0 aliphatic heterocycles. The van der Waals surface area contributed by atoms with Crippen LogP contribution in [0.1, 0.15) is 90.5 Å². The van der Waals surface area contributed by atoms with Crippen molar-refractivity contribution in [1.29, 1.82) is 5.26 Å². The second-order valence-electron chi connectivity index (χ2n) is 10.4. The van der Waals surface area contributed by atoms with Crippen LogP contribution in [0.25, 0.3) is 5.69 Å². The van der Waals surface area contributed by atoms with Gasteiger partial charge in [-0.25, -0.2) is 10.1 Å². The van der Waals surface area contributed by atoms with Gasteiger partial charge < -0.3 is 5.32 Å². The lowest BCUT2D eigenvalue weighted by atomic mass is 9.85. The van der Waals surface area contributed by atoms with E-state index in [1.165, 1.54) is 17.3 Å². The van der Waals surface area contributed by atoms with Gasteiger partial charge >= 0.3 is 0 Å². The first-order valence-corrected chi connectivity index (χ1v) is 12.5. The third-order valence-corrected chi connectivity index (χ3v) is 6.48. The van der Waals surface area contributed by atoms with Gasteiger partial charge in [0.15, 0.2) is 5.69 Å². The second-order valence-corrected chi connectivity index (χ2v) is 10.4. The molecule has 2 amide bonds. The summed E-state index contributed by atoms with van der Waals surface area (Å²) >= 11 is 0. The monoisotopic (exact) mass is 500 g/mol. The number of rotatable bonds is 6. The maximum atomic E-state index is 13.0. The minimum atomic E-state index is -0.362. The van der Waals surface area contributed by atoms with Crippen LogP contribution in [0.5, 0.6) is 0 Å². The second kappa shape index (κ2) is 10.9. The van der Waals surface area contributed by atoms with Crippen molar-refractivity contribution in [3.05, 3.63) is 64.7 Å². The van der Waals surface area contributed by atoms with Crippen molar-refractivity contribution in [1.82, 2.24) is 30.8 Å². The van der Waals surface area contributed by atoms with Gasteiger partial charge in [0.25, 0.3) is 11.8 Å². The maximum Gasteiger partial charge on any atom is 0.287 e. The minimum Gasteiger partial charge on any atom is -0.321 e. The number of anilines is 1. The van der Waals surface area contributed by atoms with Crippen molar-refractivity contribution in [3.8, 4) is 11.8 Å². The van der Waals surface area contributed by atoms with Crippen molar-refractivity contribution in [2.75, 3.05) is 5.32 Å². The highest BCUT2D eigenvalue weighted by Gasteiger charge is 2.19. The van der Waals surface area contributed by atoms with Gasteiger partial charge in [-0.05, 0) is 55.0 Å². The van der Waals surface area contributed by atoms with Gasteiger partial charge in [0.2, 0.25) is 0 Å². The molecular weight excluding hydrogens is 468 g/mol.